The number of para-hydroxylation sites is 1. The molecule has 39 heavy (non-hydrogen) atoms. The Balaban J connectivity index is 1.28. The van der Waals surface area contributed by atoms with Crippen LogP contribution < -0.4 is 14.4 Å². The molecule has 1 aliphatic rings. The molecule has 0 radical (unpaired) electrons. The molecule has 0 aromatic heterocycles. The number of fused-ring (bicyclic) bond motifs is 1. The van der Waals surface area contributed by atoms with Crippen LogP contribution in [0.3, 0.4) is 0 Å². The number of benzene rings is 4. The number of ether oxygens (including phenoxy) is 1. The van der Waals surface area contributed by atoms with Crippen molar-refractivity contribution in [2.75, 3.05) is 22.8 Å². The zero-order valence-corrected chi connectivity index (χ0v) is 22.8. The highest BCUT2D eigenvalue weighted by atomic mass is 35.5. The third-order valence-corrected chi connectivity index (χ3v) is 8.57. The van der Waals surface area contributed by atoms with E-state index in [9.17, 15) is 18.0 Å². The van der Waals surface area contributed by atoms with Crippen LogP contribution in [0.1, 0.15) is 21.5 Å². The maximum Gasteiger partial charge on any atom is 0.264 e. The molecule has 0 atom stereocenters. The molecular formula is C29H22Cl2N2O5S. The van der Waals surface area contributed by atoms with Gasteiger partial charge in [0.25, 0.3) is 15.9 Å². The van der Waals surface area contributed by atoms with E-state index in [2.05, 4.69) is 5.32 Å². The fourth-order valence-electron chi connectivity index (χ4n) is 4.33. The van der Waals surface area contributed by atoms with Crippen molar-refractivity contribution in [1.29, 1.82) is 0 Å². The number of hydrogen-bond donors (Lipinski definition) is 1. The Morgan fingerprint density at radius 1 is 0.897 bits per heavy atom. The minimum Gasteiger partial charge on any atom is -0.482 e. The molecule has 10 heteroatoms. The molecule has 4 aromatic rings. The minimum absolute atomic E-state index is 0.0197. The van der Waals surface area contributed by atoms with E-state index in [-0.39, 0.29) is 32.7 Å². The smallest absolute Gasteiger partial charge is 0.264 e. The summed E-state index contributed by atoms with van der Waals surface area (Å²) in [6.45, 7) is -0.0793. The van der Waals surface area contributed by atoms with Crippen LogP contribution in [-0.2, 0) is 21.2 Å². The summed E-state index contributed by atoms with van der Waals surface area (Å²) in [5.74, 6) is -0.695. The highest BCUT2D eigenvalue weighted by Gasteiger charge is 2.31. The standard InChI is InChI=1S/C29H22Cl2N2O5S/c30-21-10-12-25(23(16-21)29(35)20-7-2-1-3-8-20)32-28(34)18-38-27-13-11-22(17-24(27)31)39(36,37)33-15-14-19-6-4-5-9-26(19)33/h1-13,16-17H,14-15,18H2,(H,32,34). The van der Waals surface area contributed by atoms with Gasteiger partial charge in [0.2, 0.25) is 0 Å². The van der Waals surface area contributed by atoms with Crippen molar-refractivity contribution < 1.29 is 22.7 Å². The number of rotatable bonds is 8. The molecule has 0 saturated heterocycles. The molecule has 7 nitrogen and oxygen atoms in total. The quantitative estimate of drug-likeness (QED) is 0.258. The first-order chi connectivity index (χ1) is 18.7. The number of ketones is 1. The van der Waals surface area contributed by atoms with Crippen molar-refractivity contribution >= 4 is 56.3 Å². The van der Waals surface area contributed by atoms with Crippen molar-refractivity contribution in [2.24, 2.45) is 0 Å². The van der Waals surface area contributed by atoms with E-state index in [1.807, 2.05) is 12.1 Å². The summed E-state index contributed by atoms with van der Waals surface area (Å²) in [4.78, 5) is 25.7. The average Bonchev–Trinajstić information content (AvgIpc) is 3.38. The summed E-state index contributed by atoms with van der Waals surface area (Å²) in [6, 6.07) is 24.7. The maximum absolute atomic E-state index is 13.3. The zero-order valence-electron chi connectivity index (χ0n) is 20.4. The molecule has 1 N–H and O–H groups in total. The van der Waals surface area contributed by atoms with Gasteiger partial charge in [-0.15, -0.1) is 0 Å². The summed E-state index contributed by atoms with van der Waals surface area (Å²) < 4.78 is 33.5. The topological polar surface area (TPSA) is 92.8 Å². The van der Waals surface area contributed by atoms with Crippen molar-refractivity contribution in [3.63, 3.8) is 0 Å². The van der Waals surface area contributed by atoms with Crippen molar-refractivity contribution in [3.05, 3.63) is 118 Å². The van der Waals surface area contributed by atoms with E-state index in [4.69, 9.17) is 27.9 Å². The Kier molecular flexibility index (Phi) is 7.61. The van der Waals surface area contributed by atoms with Gasteiger partial charge in [0.1, 0.15) is 5.75 Å². The molecule has 198 valence electrons. The molecule has 5 rings (SSSR count). The number of hydrogen-bond acceptors (Lipinski definition) is 5. The molecule has 1 heterocycles. The first-order valence-electron chi connectivity index (χ1n) is 12.0. The summed E-state index contributed by atoms with van der Waals surface area (Å²) in [5.41, 5.74) is 2.58. The van der Waals surface area contributed by atoms with Gasteiger partial charge in [0.05, 0.1) is 21.3 Å². The van der Waals surface area contributed by atoms with Gasteiger partial charge in [-0.25, -0.2) is 8.42 Å². The Morgan fingerprint density at radius 3 is 2.41 bits per heavy atom. The maximum atomic E-state index is 13.3. The van der Waals surface area contributed by atoms with Gasteiger partial charge in [-0.3, -0.25) is 13.9 Å². The number of sulfonamides is 1. The van der Waals surface area contributed by atoms with E-state index in [1.54, 1.807) is 54.6 Å². The van der Waals surface area contributed by atoms with Crippen LogP contribution in [0.5, 0.6) is 5.75 Å². The molecule has 0 unspecified atom stereocenters. The lowest BCUT2D eigenvalue weighted by molar-refractivity contribution is -0.118. The second-order valence-electron chi connectivity index (χ2n) is 8.77. The van der Waals surface area contributed by atoms with E-state index >= 15 is 0 Å². The summed E-state index contributed by atoms with van der Waals surface area (Å²) in [5, 5.41) is 3.07. The molecule has 1 aliphatic heterocycles. The monoisotopic (exact) mass is 580 g/mol. The highest BCUT2D eigenvalue weighted by molar-refractivity contribution is 7.92. The fourth-order valence-corrected chi connectivity index (χ4v) is 6.33. The van der Waals surface area contributed by atoms with Gasteiger partial charge in [0, 0.05) is 22.7 Å². The van der Waals surface area contributed by atoms with Crippen LogP contribution >= 0.6 is 23.2 Å². The Labute approximate surface area is 236 Å². The lowest BCUT2D eigenvalue weighted by Crippen LogP contribution is -2.29. The molecule has 0 saturated carbocycles. The summed E-state index contributed by atoms with van der Waals surface area (Å²) >= 11 is 12.4. The second-order valence-corrected chi connectivity index (χ2v) is 11.5. The number of anilines is 2. The SMILES string of the molecule is O=C(COc1ccc(S(=O)(=O)N2CCc3ccccc32)cc1Cl)Nc1ccc(Cl)cc1C(=O)c1ccccc1. The number of carbonyl (C=O) groups excluding carboxylic acids is 2. The third kappa shape index (κ3) is 5.63. The van der Waals surface area contributed by atoms with Gasteiger partial charge < -0.3 is 10.1 Å². The van der Waals surface area contributed by atoms with Crippen molar-refractivity contribution in [1.82, 2.24) is 0 Å². The number of amides is 1. The van der Waals surface area contributed by atoms with Gasteiger partial charge in [0.15, 0.2) is 12.4 Å². The van der Waals surface area contributed by atoms with E-state index < -0.39 is 22.5 Å². The predicted octanol–water partition coefficient (Wildman–Crippen LogP) is 5.99. The molecule has 0 spiro atoms. The number of nitrogens with zero attached hydrogens (tertiary/aromatic N) is 1. The predicted molar refractivity (Wildman–Crippen MR) is 152 cm³/mol. The Morgan fingerprint density at radius 2 is 1.64 bits per heavy atom. The normalized spacial score (nSPS) is 12.6. The zero-order chi connectivity index (χ0) is 27.6. The van der Waals surface area contributed by atoms with Crippen LogP contribution in [0.4, 0.5) is 11.4 Å². The van der Waals surface area contributed by atoms with Gasteiger partial charge in [-0.1, -0.05) is 71.7 Å². The molecular weight excluding hydrogens is 559 g/mol. The molecule has 4 aromatic carbocycles. The average molecular weight is 581 g/mol. The van der Waals surface area contributed by atoms with E-state index in [0.29, 0.717) is 29.2 Å². The Bertz CT molecular complexity index is 1680. The van der Waals surface area contributed by atoms with Gasteiger partial charge >= 0.3 is 0 Å². The van der Waals surface area contributed by atoms with Crippen LogP contribution in [0, 0.1) is 0 Å². The van der Waals surface area contributed by atoms with Gasteiger partial charge in [-0.05, 0) is 54.4 Å². The molecule has 0 bridgehead atoms. The third-order valence-electron chi connectivity index (χ3n) is 6.23. The summed E-state index contributed by atoms with van der Waals surface area (Å²) in [7, 11) is -3.83. The lowest BCUT2D eigenvalue weighted by Gasteiger charge is -2.20. The number of nitrogens with one attached hydrogen (secondary N) is 1. The largest absolute Gasteiger partial charge is 0.482 e. The first kappa shape index (κ1) is 26.7. The van der Waals surface area contributed by atoms with E-state index in [0.717, 1.165) is 5.56 Å². The van der Waals surface area contributed by atoms with Crippen LogP contribution in [0.25, 0.3) is 0 Å². The lowest BCUT2D eigenvalue weighted by atomic mass is 10.0. The highest BCUT2D eigenvalue weighted by Crippen LogP contribution is 2.35. The van der Waals surface area contributed by atoms with Crippen LogP contribution in [0.15, 0.2) is 95.9 Å². The molecule has 1 amide bonds. The fraction of sp³-hybridized carbons (Fsp3) is 0.103. The Hall–Kier alpha value is -3.85. The number of carbonyl (C=O) groups is 2. The van der Waals surface area contributed by atoms with Gasteiger partial charge in [-0.2, -0.15) is 0 Å². The first-order valence-corrected chi connectivity index (χ1v) is 14.2. The van der Waals surface area contributed by atoms with Crippen molar-refractivity contribution in [2.45, 2.75) is 11.3 Å². The minimum atomic E-state index is -3.83. The molecule has 0 fully saturated rings. The van der Waals surface area contributed by atoms with Crippen LogP contribution in [-0.4, -0.2) is 33.3 Å². The van der Waals surface area contributed by atoms with Crippen LogP contribution in [0.2, 0.25) is 10.0 Å². The summed E-state index contributed by atoms with van der Waals surface area (Å²) in [6.07, 6.45) is 0.631. The molecule has 0 aliphatic carbocycles. The van der Waals surface area contributed by atoms with E-state index in [1.165, 1.54) is 28.6 Å². The van der Waals surface area contributed by atoms with Crippen molar-refractivity contribution in [3.8, 4) is 5.75 Å². The second kappa shape index (κ2) is 11.1. The number of halogens is 2.